The first-order valence-corrected chi connectivity index (χ1v) is 6.30. The smallest absolute Gasteiger partial charge is 0.0987 e. The van der Waals surface area contributed by atoms with Gasteiger partial charge in [-0.15, -0.1) is 11.3 Å². The minimum atomic E-state index is 0.222. The van der Waals surface area contributed by atoms with Gasteiger partial charge < -0.3 is 4.90 Å². The van der Waals surface area contributed by atoms with Gasteiger partial charge in [0.25, 0.3) is 0 Å². The lowest BCUT2D eigenvalue weighted by Gasteiger charge is -2.18. The molecule has 1 aromatic heterocycles. The molecule has 0 fully saturated rings. The number of rotatable bonds is 4. The fourth-order valence-electron chi connectivity index (χ4n) is 1.30. The Morgan fingerprint density at radius 2 is 1.93 bits per heavy atom. The molecule has 15 heavy (non-hydrogen) atoms. The summed E-state index contributed by atoms with van der Waals surface area (Å²) in [4.78, 5) is 8.30. The first-order valence-electron chi connectivity index (χ1n) is 5.48. The first-order chi connectivity index (χ1) is 6.86. The van der Waals surface area contributed by atoms with E-state index in [1.807, 2.05) is 11.3 Å². The monoisotopic (exact) mass is 226 g/mol. The number of nitrogens with zero attached hydrogens (tertiary/aromatic N) is 2. The summed E-state index contributed by atoms with van der Waals surface area (Å²) in [5.41, 5.74) is 1.42. The van der Waals surface area contributed by atoms with Crippen molar-refractivity contribution in [1.29, 1.82) is 0 Å². The molecule has 0 N–H and O–H groups in total. The van der Waals surface area contributed by atoms with Crippen LogP contribution < -0.4 is 0 Å². The van der Waals surface area contributed by atoms with E-state index in [0.717, 1.165) is 13.0 Å². The molecule has 0 bridgehead atoms. The molecule has 0 amide bonds. The maximum atomic E-state index is 4.70. The minimum absolute atomic E-state index is 0.222. The van der Waals surface area contributed by atoms with Gasteiger partial charge in [0.2, 0.25) is 0 Å². The van der Waals surface area contributed by atoms with Crippen molar-refractivity contribution in [1.82, 2.24) is 9.88 Å². The number of hydrogen-bond donors (Lipinski definition) is 0. The van der Waals surface area contributed by atoms with Crippen LogP contribution in [0.25, 0.3) is 0 Å². The molecule has 0 aliphatic carbocycles. The lowest BCUT2D eigenvalue weighted by atomic mass is 9.91. The summed E-state index contributed by atoms with van der Waals surface area (Å²) in [6.45, 7) is 9.88. The van der Waals surface area contributed by atoms with Crippen LogP contribution in [0.4, 0.5) is 0 Å². The van der Waals surface area contributed by atoms with Crippen molar-refractivity contribution in [2.45, 2.75) is 46.1 Å². The van der Waals surface area contributed by atoms with Crippen LogP contribution in [0.5, 0.6) is 0 Å². The molecular weight excluding hydrogens is 204 g/mol. The van der Waals surface area contributed by atoms with Crippen molar-refractivity contribution in [2.24, 2.45) is 0 Å². The van der Waals surface area contributed by atoms with Gasteiger partial charge >= 0.3 is 0 Å². The summed E-state index contributed by atoms with van der Waals surface area (Å²) >= 11 is 1.87. The molecule has 3 heteroatoms. The van der Waals surface area contributed by atoms with E-state index in [2.05, 4.69) is 46.7 Å². The summed E-state index contributed by atoms with van der Waals surface area (Å²) in [5, 5.41) is 1.28. The van der Waals surface area contributed by atoms with Crippen molar-refractivity contribution in [3.63, 3.8) is 0 Å². The quantitative estimate of drug-likeness (QED) is 0.784. The number of hydrogen-bond acceptors (Lipinski definition) is 3. The van der Waals surface area contributed by atoms with Gasteiger partial charge in [0.15, 0.2) is 0 Å². The van der Waals surface area contributed by atoms with Crippen LogP contribution in [0.3, 0.4) is 0 Å². The number of thiazole rings is 1. The molecule has 0 radical (unpaired) electrons. The molecule has 0 aliphatic rings. The van der Waals surface area contributed by atoms with Gasteiger partial charge in [-0.1, -0.05) is 20.8 Å². The number of aromatic nitrogens is 1. The van der Waals surface area contributed by atoms with Gasteiger partial charge in [-0.2, -0.15) is 0 Å². The summed E-state index contributed by atoms with van der Waals surface area (Å²) in [5.74, 6) is 0. The lowest BCUT2D eigenvalue weighted by molar-refractivity contribution is 0.405. The van der Waals surface area contributed by atoms with Crippen LogP contribution in [-0.4, -0.2) is 24.0 Å². The highest BCUT2D eigenvalue weighted by atomic mass is 32.1. The fourth-order valence-corrected chi connectivity index (χ4v) is 2.66. The summed E-state index contributed by atoms with van der Waals surface area (Å²) < 4.78 is 0. The van der Waals surface area contributed by atoms with Crippen molar-refractivity contribution in [2.75, 3.05) is 14.1 Å². The molecule has 0 atom stereocenters. The zero-order chi connectivity index (χ0) is 11.6. The van der Waals surface area contributed by atoms with E-state index in [-0.39, 0.29) is 5.41 Å². The van der Waals surface area contributed by atoms with E-state index in [1.165, 1.54) is 15.6 Å². The van der Waals surface area contributed by atoms with Crippen LogP contribution in [0.1, 0.15) is 42.8 Å². The first kappa shape index (κ1) is 12.7. The Bertz CT molecular complexity index is 326. The van der Waals surface area contributed by atoms with Crippen molar-refractivity contribution >= 4 is 11.3 Å². The fraction of sp³-hybridized carbons (Fsp3) is 0.750. The third kappa shape index (κ3) is 3.02. The van der Waals surface area contributed by atoms with Gasteiger partial charge in [-0.3, -0.25) is 0 Å². The Morgan fingerprint density at radius 3 is 2.40 bits per heavy atom. The zero-order valence-corrected chi connectivity index (χ0v) is 11.5. The Balaban J connectivity index is 2.95. The Kier molecular flexibility index (Phi) is 3.90. The largest absolute Gasteiger partial charge is 0.304 e. The second kappa shape index (κ2) is 4.62. The second-order valence-corrected chi connectivity index (χ2v) is 6.09. The highest BCUT2D eigenvalue weighted by Crippen LogP contribution is 2.32. The maximum absolute atomic E-state index is 4.70. The average molecular weight is 226 g/mol. The Labute approximate surface area is 97.3 Å². The highest BCUT2D eigenvalue weighted by Gasteiger charge is 2.23. The minimum Gasteiger partial charge on any atom is -0.304 e. The van der Waals surface area contributed by atoms with Gasteiger partial charge in [-0.05, 0) is 27.4 Å². The molecule has 1 aromatic rings. The van der Waals surface area contributed by atoms with E-state index in [0.29, 0.717) is 0 Å². The lowest BCUT2D eigenvalue weighted by Crippen LogP contribution is -2.14. The van der Waals surface area contributed by atoms with E-state index in [4.69, 9.17) is 4.98 Å². The predicted molar refractivity (Wildman–Crippen MR) is 67.6 cm³/mol. The maximum Gasteiger partial charge on any atom is 0.0987 e. The van der Waals surface area contributed by atoms with Crippen LogP contribution in [0.2, 0.25) is 0 Å². The third-order valence-electron chi connectivity index (χ3n) is 2.82. The van der Waals surface area contributed by atoms with Crippen molar-refractivity contribution in [3.05, 3.63) is 15.6 Å². The van der Waals surface area contributed by atoms with Crippen LogP contribution in [-0.2, 0) is 12.0 Å². The standard InChI is InChI=1S/C12H22N2S/c1-7-12(3,4)11-13-9(2)10(15-11)8-14(5)6/h7-8H2,1-6H3. The molecule has 86 valence electrons. The van der Waals surface area contributed by atoms with Gasteiger partial charge in [0.1, 0.15) is 0 Å². The van der Waals surface area contributed by atoms with Crippen LogP contribution in [0.15, 0.2) is 0 Å². The molecule has 0 saturated heterocycles. The molecule has 2 nitrogen and oxygen atoms in total. The van der Waals surface area contributed by atoms with Gasteiger partial charge in [-0.25, -0.2) is 4.98 Å². The van der Waals surface area contributed by atoms with Gasteiger partial charge in [0.05, 0.1) is 10.7 Å². The summed E-state index contributed by atoms with van der Waals surface area (Å²) in [6.07, 6.45) is 1.14. The van der Waals surface area contributed by atoms with Crippen molar-refractivity contribution < 1.29 is 0 Å². The normalized spacial score (nSPS) is 12.5. The SMILES string of the molecule is CCC(C)(C)c1nc(C)c(CN(C)C)s1. The molecule has 0 aromatic carbocycles. The van der Waals surface area contributed by atoms with E-state index >= 15 is 0 Å². The topological polar surface area (TPSA) is 16.1 Å². The van der Waals surface area contributed by atoms with Crippen molar-refractivity contribution in [3.8, 4) is 0 Å². The molecule has 0 aliphatic heterocycles. The zero-order valence-electron chi connectivity index (χ0n) is 10.7. The second-order valence-electron chi connectivity index (χ2n) is 5.00. The molecular formula is C12H22N2S. The predicted octanol–water partition coefficient (Wildman–Crippen LogP) is 3.20. The molecule has 1 heterocycles. The Hall–Kier alpha value is -0.410. The Morgan fingerprint density at radius 1 is 1.33 bits per heavy atom. The summed E-state index contributed by atoms with van der Waals surface area (Å²) in [7, 11) is 4.20. The van der Waals surface area contributed by atoms with Crippen LogP contribution in [0, 0.1) is 6.92 Å². The average Bonchev–Trinajstić information content (AvgIpc) is 2.48. The highest BCUT2D eigenvalue weighted by molar-refractivity contribution is 7.11. The van der Waals surface area contributed by atoms with E-state index in [9.17, 15) is 0 Å². The molecule has 0 spiro atoms. The van der Waals surface area contributed by atoms with E-state index < -0.39 is 0 Å². The van der Waals surface area contributed by atoms with Gasteiger partial charge in [0, 0.05) is 16.8 Å². The van der Waals surface area contributed by atoms with E-state index in [1.54, 1.807) is 0 Å². The van der Waals surface area contributed by atoms with Crippen LogP contribution >= 0.6 is 11.3 Å². The summed E-state index contributed by atoms with van der Waals surface area (Å²) in [6, 6.07) is 0. The molecule has 1 rings (SSSR count). The molecule has 0 unspecified atom stereocenters. The molecule has 0 saturated carbocycles. The third-order valence-corrected chi connectivity index (χ3v) is 4.32. The number of aryl methyl sites for hydroxylation is 1.